The average Bonchev–Trinajstić information content (AvgIpc) is 2.89. The summed E-state index contributed by atoms with van der Waals surface area (Å²) >= 11 is 0. The molecule has 1 aromatic carbocycles. The van der Waals surface area contributed by atoms with Gasteiger partial charge in [-0.2, -0.15) is 4.31 Å². The molecule has 7 nitrogen and oxygen atoms in total. The quantitative estimate of drug-likeness (QED) is 0.838. The Kier molecular flexibility index (Phi) is 3.88. The van der Waals surface area contributed by atoms with Gasteiger partial charge in [0.05, 0.1) is 23.7 Å². The van der Waals surface area contributed by atoms with Crippen LogP contribution in [0.25, 0.3) is 0 Å². The van der Waals surface area contributed by atoms with E-state index in [-0.39, 0.29) is 11.4 Å². The Hall–Kier alpha value is -1.93. The van der Waals surface area contributed by atoms with E-state index in [0.717, 1.165) is 11.4 Å². The minimum atomic E-state index is -3.56. The van der Waals surface area contributed by atoms with Crippen molar-refractivity contribution in [1.82, 2.24) is 19.3 Å². The van der Waals surface area contributed by atoms with E-state index >= 15 is 0 Å². The van der Waals surface area contributed by atoms with Crippen molar-refractivity contribution in [2.24, 2.45) is 7.05 Å². The van der Waals surface area contributed by atoms with E-state index in [1.807, 2.05) is 14.0 Å². The zero-order valence-electron chi connectivity index (χ0n) is 12.6. The number of nitrogens with zero attached hydrogens (tertiary/aromatic N) is 4. The van der Waals surface area contributed by atoms with E-state index in [4.69, 9.17) is 4.74 Å². The summed E-state index contributed by atoms with van der Waals surface area (Å²) < 4.78 is 34.1. The summed E-state index contributed by atoms with van der Waals surface area (Å²) in [6.45, 7) is 3.04. The van der Waals surface area contributed by atoms with E-state index in [9.17, 15) is 8.42 Å². The summed E-state index contributed by atoms with van der Waals surface area (Å²) in [6, 6.07) is 6.59. The molecule has 0 saturated carbocycles. The van der Waals surface area contributed by atoms with E-state index < -0.39 is 10.0 Å². The molecule has 1 aliphatic heterocycles. The van der Waals surface area contributed by atoms with Gasteiger partial charge in [0.25, 0.3) is 0 Å². The van der Waals surface area contributed by atoms with Crippen molar-refractivity contribution in [2.75, 3.05) is 13.2 Å². The Bertz CT molecular complexity index is 785. The highest BCUT2D eigenvalue weighted by Gasteiger charge is 2.30. The van der Waals surface area contributed by atoms with Gasteiger partial charge in [-0.05, 0) is 19.1 Å². The van der Waals surface area contributed by atoms with Crippen LogP contribution in [0.1, 0.15) is 18.3 Å². The second-order valence-electron chi connectivity index (χ2n) is 5.10. The lowest BCUT2D eigenvalue weighted by atomic mass is 10.2. The molecule has 0 fully saturated rings. The van der Waals surface area contributed by atoms with E-state index in [0.29, 0.717) is 25.3 Å². The van der Waals surface area contributed by atoms with Gasteiger partial charge in [-0.15, -0.1) is 5.10 Å². The fourth-order valence-electron chi connectivity index (χ4n) is 2.57. The van der Waals surface area contributed by atoms with Crippen molar-refractivity contribution in [2.45, 2.75) is 24.8 Å². The highest BCUT2D eigenvalue weighted by Crippen LogP contribution is 2.25. The van der Waals surface area contributed by atoms with Crippen LogP contribution in [-0.4, -0.2) is 40.9 Å². The summed E-state index contributed by atoms with van der Waals surface area (Å²) in [5.41, 5.74) is 1.72. The van der Waals surface area contributed by atoms with Crippen LogP contribution in [0.15, 0.2) is 29.2 Å². The maximum Gasteiger partial charge on any atom is 0.243 e. The van der Waals surface area contributed by atoms with E-state index in [1.54, 1.807) is 28.9 Å². The summed E-state index contributed by atoms with van der Waals surface area (Å²) in [5.74, 6) is 0.556. The zero-order valence-corrected chi connectivity index (χ0v) is 13.4. The molecular weight excluding hydrogens is 304 g/mol. The van der Waals surface area contributed by atoms with Crippen LogP contribution >= 0.6 is 0 Å². The van der Waals surface area contributed by atoms with Crippen LogP contribution < -0.4 is 4.74 Å². The van der Waals surface area contributed by atoms with Gasteiger partial charge in [-0.1, -0.05) is 11.3 Å². The third-order valence-electron chi connectivity index (χ3n) is 3.70. The van der Waals surface area contributed by atoms with Crippen molar-refractivity contribution in [3.05, 3.63) is 35.7 Å². The Balaban J connectivity index is 1.89. The van der Waals surface area contributed by atoms with Gasteiger partial charge in [0.15, 0.2) is 0 Å². The minimum Gasteiger partial charge on any atom is -0.494 e. The first-order chi connectivity index (χ1) is 10.5. The first kappa shape index (κ1) is 15.0. The second-order valence-corrected chi connectivity index (χ2v) is 7.04. The zero-order chi connectivity index (χ0) is 15.7. The molecule has 1 aliphatic rings. The Labute approximate surface area is 129 Å². The van der Waals surface area contributed by atoms with E-state index in [2.05, 4.69) is 10.3 Å². The topological polar surface area (TPSA) is 77.3 Å². The molecule has 0 atom stereocenters. The summed E-state index contributed by atoms with van der Waals surface area (Å²) in [6.07, 6.45) is 0.614. The third kappa shape index (κ3) is 2.59. The molecule has 3 rings (SSSR count). The number of benzene rings is 1. The molecule has 0 aliphatic carbocycles. The van der Waals surface area contributed by atoms with Gasteiger partial charge in [0, 0.05) is 26.1 Å². The number of sulfonamides is 1. The first-order valence-corrected chi connectivity index (χ1v) is 8.57. The van der Waals surface area contributed by atoms with Crippen molar-refractivity contribution in [1.29, 1.82) is 0 Å². The molecule has 0 bridgehead atoms. The van der Waals surface area contributed by atoms with Crippen LogP contribution in [-0.2, 0) is 30.0 Å². The summed E-state index contributed by atoms with van der Waals surface area (Å²) in [5, 5.41) is 7.99. The fourth-order valence-corrected chi connectivity index (χ4v) is 4.01. The molecule has 0 radical (unpaired) electrons. The number of fused-ring (bicyclic) bond motifs is 1. The molecule has 0 saturated heterocycles. The van der Waals surface area contributed by atoms with Gasteiger partial charge in [-0.25, -0.2) is 8.42 Å². The monoisotopic (exact) mass is 322 g/mol. The SMILES string of the molecule is CCOc1cccc(S(=O)(=O)N2CCc3c(nnn3C)C2)c1. The lowest BCUT2D eigenvalue weighted by Crippen LogP contribution is -2.36. The molecule has 2 heterocycles. The number of hydrogen-bond donors (Lipinski definition) is 0. The Morgan fingerprint density at radius 1 is 1.36 bits per heavy atom. The van der Waals surface area contributed by atoms with Crippen molar-refractivity contribution in [3.63, 3.8) is 0 Å². The van der Waals surface area contributed by atoms with Crippen LogP contribution in [0.2, 0.25) is 0 Å². The molecule has 0 unspecified atom stereocenters. The molecule has 8 heteroatoms. The molecular formula is C14H18N4O3S. The van der Waals surface area contributed by atoms with Crippen molar-refractivity contribution < 1.29 is 13.2 Å². The number of ether oxygens (including phenoxy) is 1. The van der Waals surface area contributed by atoms with Crippen molar-refractivity contribution >= 4 is 10.0 Å². The van der Waals surface area contributed by atoms with E-state index in [1.165, 1.54) is 4.31 Å². The van der Waals surface area contributed by atoms with Gasteiger partial charge in [0.1, 0.15) is 11.4 Å². The standard InChI is InChI=1S/C14H18N4O3S/c1-3-21-11-5-4-6-12(9-11)22(19,20)18-8-7-14-13(10-18)15-16-17(14)2/h4-6,9H,3,7-8,10H2,1-2H3. The fraction of sp³-hybridized carbons (Fsp3) is 0.429. The van der Waals surface area contributed by atoms with Gasteiger partial charge in [-0.3, -0.25) is 4.68 Å². The van der Waals surface area contributed by atoms with Crippen LogP contribution in [0.3, 0.4) is 0 Å². The van der Waals surface area contributed by atoms with Gasteiger partial charge in [0.2, 0.25) is 10.0 Å². The highest BCUT2D eigenvalue weighted by molar-refractivity contribution is 7.89. The highest BCUT2D eigenvalue weighted by atomic mass is 32.2. The molecule has 1 aromatic heterocycles. The van der Waals surface area contributed by atoms with Crippen LogP contribution in [0, 0.1) is 0 Å². The predicted molar refractivity (Wildman–Crippen MR) is 79.9 cm³/mol. The number of hydrogen-bond acceptors (Lipinski definition) is 5. The molecule has 0 amide bonds. The molecule has 0 spiro atoms. The van der Waals surface area contributed by atoms with Gasteiger partial charge < -0.3 is 4.74 Å². The van der Waals surface area contributed by atoms with Crippen LogP contribution in [0.5, 0.6) is 5.75 Å². The minimum absolute atomic E-state index is 0.241. The Morgan fingerprint density at radius 2 is 2.18 bits per heavy atom. The number of rotatable bonds is 4. The Morgan fingerprint density at radius 3 is 2.95 bits per heavy atom. The molecule has 22 heavy (non-hydrogen) atoms. The number of aromatic nitrogens is 3. The largest absolute Gasteiger partial charge is 0.494 e. The smallest absolute Gasteiger partial charge is 0.243 e. The predicted octanol–water partition coefficient (Wildman–Crippen LogP) is 0.961. The molecule has 2 aromatic rings. The maximum absolute atomic E-state index is 12.8. The summed E-state index contributed by atoms with van der Waals surface area (Å²) in [4.78, 5) is 0.241. The first-order valence-electron chi connectivity index (χ1n) is 7.13. The molecule has 0 N–H and O–H groups in total. The second kappa shape index (κ2) is 5.69. The maximum atomic E-state index is 12.8. The van der Waals surface area contributed by atoms with Gasteiger partial charge >= 0.3 is 0 Å². The molecule has 118 valence electrons. The summed E-state index contributed by atoms with van der Waals surface area (Å²) in [7, 11) is -1.74. The lowest BCUT2D eigenvalue weighted by molar-refractivity contribution is 0.338. The van der Waals surface area contributed by atoms with Crippen LogP contribution in [0.4, 0.5) is 0 Å². The third-order valence-corrected chi connectivity index (χ3v) is 5.54. The number of aryl methyl sites for hydroxylation is 1. The lowest BCUT2D eigenvalue weighted by Gasteiger charge is -2.25. The normalized spacial score (nSPS) is 15.5. The average molecular weight is 322 g/mol. The van der Waals surface area contributed by atoms with Crippen molar-refractivity contribution in [3.8, 4) is 5.75 Å².